The molecule has 1 aromatic rings. The number of nitrogens with zero attached hydrogens (tertiary/aromatic N) is 1. The zero-order chi connectivity index (χ0) is 13.4. The summed E-state index contributed by atoms with van der Waals surface area (Å²) >= 11 is 0. The largest absolute Gasteiger partial charge is 0.478 e. The van der Waals surface area contributed by atoms with Crippen molar-refractivity contribution in [2.75, 3.05) is 23.7 Å². The molecule has 3 fully saturated rings. The third-order valence-electron chi connectivity index (χ3n) is 4.52. The van der Waals surface area contributed by atoms with Crippen LogP contribution in [0.5, 0.6) is 0 Å². The molecule has 102 valence electrons. The molecule has 0 radical (unpaired) electrons. The molecule has 0 spiro atoms. The molecule has 0 aromatic heterocycles. The number of carbonyl (C=O) groups is 1. The van der Waals surface area contributed by atoms with Crippen molar-refractivity contribution < 1.29 is 9.90 Å². The maximum Gasteiger partial charge on any atom is 0.337 e. The van der Waals surface area contributed by atoms with E-state index in [-0.39, 0.29) is 0 Å². The van der Waals surface area contributed by atoms with Crippen molar-refractivity contribution in [1.29, 1.82) is 0 Å². The molecule has 1 aromatic carbocycles. The summed E-state index contributed by atoms with van der Waals surface area (Å²) in [5, 5.41) is 9.36. The lowest BCUT2D eigenvalue weighted by Gasteiger charge is -2.26. The number of aromatic carboxylic acids is 1. The first kappa shape index (κ1) is 12.3. The summed E-state index contributed by atoms with van der Waals surface area (Å²) in [6.07, 6.45) is 5.16. The molecule has 2 saturated heterocycles. The minimum absolute atomic E-state index is 0.335. The summed E-state index contributed by atoms with van der Waals surface area (Å²) in [6.45, 7) is 1.97. The number of nitrogen functional groups attached to an aromatic ring is 1. The summed E-state index contributed by atoms with van der Waals surface area (Å²) in [6, 6.07) is 5.24. The van der Waals surface area contributed by atoms with E-state index in [9.17, 15) is 9.90 Å². The first-order valence-corrected chi connectivity index (χ1v) is 7.01. The molecule has 2 heterocycles. The number of benzene rings is 1. The molecule has 0 atom stereocenters. The zero-order valence-electron chi connectivity index (χ0n) is 11.0. The van der Waals surface area contributed by atoms with Gasteiger partial charge in [0.05, 0.1) is 11.3 Å². The van der Waals surface area contributed by atoms with Crippen LogP contribution in [0.4, 0.5) is 11.4 Å². The highest BCUT2D eigenvalue weighted by atomic mass is 16.4. The Morgan fingerprint density at radius 2 is 1.74 bits per heavy atom. The Morgan fingerprint density at radius 1 is 1.16 bits per heavy atom. The van der Waals surface area contributed by atoms with Gasteiger partial charge in [-0.15, -0.1) is 0 Å². The van der Waals surface area contributed by atoms with Gasteiger partial charge >= 0.3 is 5.97 Å². The van der Waals surface area contributed by atoms with E-state index in [2.05, 4.69) is 4.90 Å². The van der Waals surface area contributed by atoms with Crippen LogP contribution in [-0.2, 0) is 0 Å². The Bertz CT molecular complexity index is 479. The van der Waals surface area contributed by atoms with Crippen LogP contribution in [-0.4, -0.2) is 24.2 Å². The van der Waals surface area contributed by atoms with Gasteiger partial charge in [-0.1, -0.05) is 0 Å². The number of anilines is 2. The first-order chi connectivity index (χ1) is 9.13. The summed E-state index contributed by atoms with van der Waals surface area (Å²) < 4.78 is 0. The van der Waals surface area contributed by atoms with Gasteiger partial charge in [0, 0.05) is 18.8 Å². The van der Waals surface area contributed by atoms with Gasteiger partial charge in [-0.05, 0) is 55.7 Å². The highest BCUT2D eigenvalue weighted by Gasteiger charge is 2.30. The lowest BCUT2D eigenvalue weighted by atomic mass is 9.84. The smallest absolute Gasteiger partial charge is 0.337 e. The van der Waals surface area contributed by atoms with Crippen molar-refractivity contribution in [1.82, 2.24) is 0 Å². The van der Waals surface area contributed by atoms with Crippen LogP contribution < -0.4 is 10.6 Å². The van der Waals surface area contributed by atoms with E-state index in [1.54, 1.807) is 12.1 Å². The second-order valence-electron chi connectivity index (χ2n) is 5.87. The van der Waals surface area contributed by atoms with Gasteiger partial charge < -0.3 is 15.7 Å². The Labute approximate surface area is 113 Å². The van der Waals surface area contributed by atoms with Crippen molar-refractivity contribution in [3.8, 4) is 0 Å². The van der Waals surface area contributed by atoms with Gasteiger partial charge in [-0.25, -0.2) is 4.79 Å². The summed E-state index contributed by atoms with van der Waals surface area (Å²) in [7, 11) is 0. The van der Waals surface area contributed by atoms with E-state index in [0.29, 0.717) is 11.3 Å². The molecule has 0 amide bonds. The van der Waals surface area contributed by atoms with Crippen molar-refractivity contribution >= 4 is 17.3 Å². The minimum atomic E-state index is -0.890. The van der Waals surface area contributed by atoms with Crippen LogP contribution in [0.25, 0.3) is 0 Å². The van der Waals surface area contributed by atoms with Gasteiger partial charge in [0.1, 0.15) is 0 Å². The minimum Gasteiger partial charge on any atom is -0.478 e. The number of hydrogen-bond donors (Lipinski definition) is 2. The van der Waals surface area contributed by atoms with Gasteiger partial charge in [-0.2, -0.15) is 0 Å². The number of carboxylic acids is 1. The van der Waals surface area contributed by atoms with Crippen LogP contribution in [0, 0.1) is 11.8 Å². The molecular weight excluding hydrogens is 240 g/mol. The van der Waals surface area contributed by atoms with Crippen LogP contribution in [0.15, 0.2) is 18.2 Å². The quantitative estimate of drug-likeness (QED) is 0.802. The second kappa shape index (κ2) is 4.76. The summed E-state index contributed by atoms with van der Waals surface area (Å²) in [5.74, 6) is 0.551. The highest BCUT2D eigenvalue weighted by Crippen LogP contribution is 2.37. The van der Waals surface area contributed by atoms with Crippen molar-refractivity contribution in [3.05, 3.63) is 23.8 Å². The van der Waals surface area contributed by atoms with E-state index in [1.165, 1.54) is 25.7 Å². The van der Waals surface area contributed by atoms with E-state index in [4.69, 9.17) is 5.73 Å². The fourth-order valence-corrected chi connectivity index (χ4v) is 3.49. The Balaban J connectivity index is 1.95. The second-order valence-corrected chi connectivity index (χ2v) is 5.87. The molecule has 2 aliphatic heterocycles. The molecule has 1 aliphatic carbocycles. The standard InChI is InChI=1S/C15H20N2O2/c16-12-5-6-14(13(7-12)15(18)19)17-8-10-1-2-11(9-17)4-3-10/h5-7,10-11H,1-4,8-9,16H2,(H,18,19). The average Bonchev–Trinajstić information content (AvgIpc) is 2.71. The SMILES string of the molecule is Nc1ccc(N2CC3CCC(CC3)C2)c(C(=O)O)c1. The molecule has 0 unspecified atom stereocenters. The molecular formula is C15H20N2O2. The lowest BCUT2D eigenvalue weighted by Crippen LogP contribution is -2.29. The number of hydrogen-bond acceptors (Lipinski definition) is 3. The predicted octanol–water partition coefficient (Wildman–Crippen LogP) is 2.59. The van der Waals surface area contributed by atoms with E-state index < -0.39 is 5.97 Å². The maximum atomic E-state index is 11.4. The molecule has 4 rings (SSSR count). The first-order valence-electron chi connectivity index (χ1n) is 7.01. The average molecular weight is 260 g/mol. The highest BCUT2D eigenvalue weighted by molar-refractivity contribution is 5.95. The monoisotopic (exact) mass is 260 g/mol. The molecule has 19 heavy (non-hydrogen) atoms. The van der Waals surface area contributed by atoms with Gasteiger partial charge in [0.15, 0.2) is 0 Å². The van der Waals surface area contributed by atoms with Crippen LogP contribution in [0.3, 0.4) is 0 Å². The van der Waals surface area contributed by atoms with Gasteiger partial charge in [0.25, 0.3) is 0 Å². The third kappa shape index (κ3) is 2.39. The fourth-order valence-electron chi connectivity index (χ4n) is 3.49. The summed E-state index contributed by atoms with van der Waals surface area (Å²) in [4.78, 5) is 13.7. The maximum absolute atomic E-state index is 11.4. The number of rotatable bonds is 2. The van der Waals surface area contributed by atoms with Crippen LogP contribution >= 0.6 is 0 Å². The molecule has 3 N–H and O–H groups in total. The van der Waals surface area contributed by atoms with E-state index in [0.717, 1.165) is 30.6 Å². The van der Waals surface area contributed by atoms with Gasteiger partial charge in [0.2, 0.25) is 0 Å². The Kier molecular flexibility index (Phi) is 3.09. The van der Waals surface area contributed by atoms with E-state index >= 15 is 0 Å². The van der Waals surface area contributed by atoms with Gasteiger partial charge in [-0.3, -0.25) is 0 Å². The van der Waals surface area contributed by atoms with Crippen molar-refractivity contribution in [2.24, 2.45) is 11.8 Å². The Hall–Kier alpha value is -1.71. The predicted molar refractivity (Wildman–Crippen MR) is 75.5 cm³/mol. The lowest BCUT2D eigenvalue weighted by molar-refractivity contribution is 0.0697. The number of nitrogens with two attached hydrogens (primary N) is 1. The number of fused-ring (bicyclic) bond motifs is 4. The molecule has 4 heteroatoms. The molecule has 1 saturated carbocycles. The summed E-state index contributed by atoms with van der Waals surface area (Å²) in [5.41, 5.74) is 7.39. The molecule has 2 bridgehead atoms. The number of carboxylic acid groups (broad SMARTS) is 1. The Morgan fingerprint density at radius 3 is 2.26 bits per heavy atom. The normalized spacial score (nSPS) is 26.2. The molecule has 3 aliphatic rings. The van der Waals surface area contributed by atoms with E-state index in [1.807, 2.05) is 6.07 Å². The third-order valence-corrected chi connectivity index (χ3v) is 4.52. The fraction of sp³-hybridized carbons (Fsp3) is 0.533. The topological polar surface area (TPSA) is 66.6 Å². The zero-order valence-corrected chi connectivity index (χ0v) is 11.0. The van der Waals surface area contributed by atoms with Crippen molar-refractivity contribution in [3.63, 3.8) is 0 Å². The van der Waals surface area contributed by atoms with Crippen LogP contribution in [0.2, 0.25) is 0 Å². The van der Waals surface area contributed by atoms with Crippen LogP contribution in [0.1, 0.15) is 36.0 Å². The van der Waals surface area contributed by atoms with Crippen molar-refractivity contribution in [2.45, 2.75) is 25.7 Å². The molecule has 4 nitrogen and oxygen atoms in total.